The maximum Gasteiger partial charge on any atom is 0.115 e. The van der Waals surface area contributed by atoms with Crippen molar-refractivity contribution in [1.82, 2.24) is 0 Å². The predicted octanol–water partition coefficient (Wildman–Crippen LogP) is 3.56. The topological polar surface area (TPSA) is 58.6 Å². The van der Waals surface area contributed by atoms with Crippen molar-refractivity contribution in [2.24, 2.45) is 28.2 Å². The highest BCUT2D eigenvalue weighted by molar-refractivity contribution is 5.92. The number of phenolic OH excluding ortho intramolecular Hbond substituents is 1. The highest BCUT2D eigenvalue weighted by Crippen LogP contribution is 2.59. The number of benzene rings is 1. The van der Waals surface area contributed by atoms with E-state index >= 15 is 0 Å². The van der Waals surface area contributed by atoms with Crippen LogP contribution in [0.25, 0.3) is 0 Å². The van der Waals surface area contributed by atoms with E-state index in [9.17, 15) is 5.11 Å². The predicted molar refractivity (Wildman–Crippen MR) is 84.3 cm³/mol. The first-order chi connectivity index (χ1) is 10.1. The lowest BCUT2D eigenvalue weighted by atomic mass is 9.55. The fraction of sp³-hybridized carbons (Fsp3) is 0.611. The molecule has 4 atom stereocenters. The Labute approximate surface area is 126 Å². The van der Waals surface area contributed by atoms with Gasteiger partial charge < -0.3 is 10.9 Å². The zero-order valence-corrected chi connectivity index (χ0v) is 12.7. The van der Waals surface area contributed by atoms with Crippen molar-refractivity contribution in [3.63, 3.8) is 0 Å². The number of nitrogens with two attached hydrogens (primary N) is 1. The first-order valence-electron chi connectivity index (χ1n) is 8.22. The molecular formula is C18H24N2O. The van der Waals surface area contributed by atoms with Crippen LogP contribution in [0.5, 0.6) is 5.75 Å². The number of nitrogens with zero attached hydrogens (tertiary/aromatic N) is 1. The molecule has 0 unspecified atom stereocenters. The summed E-state index contributed by atoms with van der Waals surface area (Å²) in [6, 6.07) is 5.99. The van der Waals surface area contributed by atoms with Crippen LogP contribution in [0, 0.1) is 17.3 Å². The summed E-state index contributed by atoms with van der Waals surface area (Å²) < 4.78 is 0. The minimum Gasteiger partial charge on any atom is -0.508 e. The van der Waals surface area contributed by atoms with Crippen LogP contribution in [0.1, 0.15) is 56.1 Å². The third kappa shape index (κ3) is 1.76. The molecule has 0 spiro atoms. The zero-order valence-electron chi connectivity index (χ0n) is 12.7. The molecule has 0 bridgehead atoms. The van der Waals surface area contributed by atoms with Gasteiger partial charge in [-0.15, -0.1) is 0 Å². The van der Waals surface area contributed by atoms with Gasteiger partial charge in [0, 0.05) is 11.1 Å². The highest BCUT2D eigenvalue weighted by Gasteiger charge is 2.53. The van der Waals surface area contributed by atoms with Crippen LogP contribution < -0.4 is 5.84 Å². The Hall–Kier alpha value is -1.51. The van der Waals surface area contributed by atoms with Crippen molar-refractivity contribution in [2.45, 2.75) is 51.4 Å². The van der Waals surface area contributed by atoms with Gasteiger partial charge in [0.05, 0.1) is 0 Å². The number of hydrogen-bond acceptors (Lipinski definition) is 3. The Balaban J connectivity index is 1.72. The Kier molecular flexibility index (Phi) is 2.82. The molecule has 112 valence electrons. The van der Waals surface area contributed by atoms with Gasteiger partial charge in [-0.25, -0.2) is 0 Å². The van der Waals surface area contributed by atoms with Crippen LogP contribution in [0.2, 0.25) is 0 Å². The molecule has 3 heteroatoms. The number of aryl methyl sites for hydroxylation is 1. The van der Waals surface area contributed by atoms with Crippen molar-refractivity contribution >= 4 is 5.71 Å². The van der Waals surface area contributed by atoms with Crippen LogP contribution in [0.15, 0.2) is 23.3 Å². The maximum absolute atomic E-state index is 9.71. The first-order valence-corrected chi connectivity index (χ1v) is 8.22. The molecule has 0 amide bonds. The van der Waals surface area contributed by atoms with E-state index in [1.807, 2.05) is 12.1 Å². The summed E-state index contributed by atoms with van der Waals surface area (Å²) in [5.74, 6) is 8.23. The quantitative estimate of drug-likeness (QED) is 0.565. The van der Waals surface area contributed by atoms with Crippen molar-refractivity contribution in [3.05, 3.63) is 29.3 Å². The van der Waals surface area contributed by atoms with Crippen molar-refractivity contribution in [3.8, 4) is 5.75 Å². The summed E-state index contributed by atoms with van der Waals surface area (Å²) in [5.41, 5.74) is 4.35. The molecule has 3 nitrogen and oxygen atoms in total. The minimum atomic E-state index is 0.240. The van der Waals surface area contributed by atoms with E-state index in [0.29, 0.717) is 11.7 Å². The maximum atomic E-state index is 9.71. The molecule has 0 aromatic heterocycles. The van der Waals surface area contributed by atoms with Crippen LogP contribution >= 0.6 is 0 Å². The van der Waals surface area contributed by atoms with Gasteiger partial charge in [-0.2, -0.15) is 5.10 Å². The van der Waals surface area contributed by atoms with Gasteiger partial charge in [-0.1, -0.05) is 13.0 Å². The Morgan fingerprint density at radius 1 is 1.24 bits per heavy atom. The highest BCUT2D eigenvalue weighted by atomic mass is 16.3. The Bertz CT molecular complexity index is 609. The molecular weight excluding hydrogens is 260 g/mol. The lowest BCUT2D eigenvalue weighted by Crippen LogP contribution is -2.42. The third-order valence-electron chi connectivity index (χ3n) is 6.61. The second-order valence-corrected chi connectivity index (χ2v) is 7.37. The molecule has 0 heterocycles. The van der Waals surface area contributed by atoms with Crippen LogP contribution in [0.4, 0.5) is 0 Å². The van der Waals surface area contributed by atoms with Gasteiger partial charge in [-0.3, -0.25) is 0 Å². The number of hydrogen-bond donors (Lipinski definition) is 2. The minimum absolute atomic E-state index is 0.240. The second-order valence-electron chi connectivity index (χ2n) is 7.37. The molecule has 3 aliphatic rings. The lowest BCUT2D eigenvalue weighted by molar-refractivity contribution is 0.0955. The van der Waals surface area contributed by atoms with E-state index in [2.05, 4.69) is 18.1 Å². The molecule has 3 aliphatic carbocycles. The van der Waals surface area contributed by atoms with Crippen molar-refractivity contribution in [1.29, 1.82) is 0 Å². The number of fused-ring (bicyclic) bond motifs is 5. The van der Waals surface area contributed by atoms with Crippen LogP contribution in [0.3, 0.4) is 0 Å². The number of phenols is 1. The van der Waals surface area contributed by atoms with Crippen LogP contribution in [-0.4, -0.2) is 10.8 Å². The molecule has 0 saturated heterocycles. The SMILES string of the molecule is C[C@]12CC[C@H]3c4ccc(O)cc4CC[C@H]3[C@@H]1CC/C2=N/N. The van der Waals surface area contributed by atoms with Gasteiger partial charge >= 0.3 is 0 Å². The number of rotatable bonds is 0. The molecule has 21 heavy (non-hydrogen) atoms. The number of hydrazone groups is 1. The largest absolute Gasteiger partial charge is 0.508 e. The monoisotopic (exact) mass is 284 g/mol. The molecule has 1 aromatic carbocycles. The van der Waals surface area contributed by atoms with E-state index in [1.54, 1.807) is 0 Å². The number of aromatic hydroxyl groups is 1. The van der Waals surface area contributed by atoms with Gasteiger partial charge in [-0.05, 0) is 79.5 Å². The molecule has 2 saturated carbocycles. The van der Waals surface area contributed by atoms with Gasteiger partial charge in [0.25, 0.3) is 0 Å². The first kappa shape index (κ1) is 13.2. The standard InChI is InChI=1S/C18H24N2O/c1-18-9-8-14-13-5-3-12(21)10-11(13)2-4-15(14)16(18)6-7-17(18)20-19/h3,5,10,14-16,21H,2,4,6-9,19H2,1H3/b20-17-/t14-,15+,16-,18-/m0/s1. The Morgan fingerprint density at radius 3 is 2.90 bits per heavy atom. The summed E-state index contributed by atoms with van der Waals surface area (Å²) in [4.78, 5) is 0. The molecule has 4 rings (SSSR count). The summed E-state index contributed by atoms with van der Waals surface area (Å²) in [7, 11) is 0. The third-order valence-corrected chi connectivity index (χ3v) is 6.61. The van der Waals surface area contributed by atoms with Crippen molar-refractivity contribution < 1.29 is 5.11 Å². The van der Waals surface area contributed by atoms with E-state index in [-0.39, 0.29) is 5.41 Å². The lowest BCUT2D eigenvalue weighted by Gasteiger charge is -2.49. The van der Waals surface area contributed by atoms with Crippen molar-refractivity contribution in [2.75, 3.05) is 0 Å². The second kappa shape index (κ2) is 4.49. The summed E-state index contributed by atoms with van der Waals surface area (Å²) in [6.45, 7) is 2.39. The Morgan fingerprint density at radius 2 is 2.10 bits per heavy atom. The molecule has 2 fully saturated rings. The van der Waals surface area contributed by atoms with Gasteiger partial charge in [0.2, 0.25) is 0 Å². The molecule has 1 aromatic rings. The fourth-order valence-corrected chi connectivity index (χ4v) is 5.57. The van der Waals surface area contributed by atoms with Crippen LogP contribution in [-0.2, 0) is 6.42 Å². The normalized spacial score (nSPS) is 39.7. The van der Waals surface area contributed by atoms with Gasteiger partial charge in [0.1, 0.15) is 5.75 Å². The van der Waals surface area contributed by atoms with E-state index in [0.717, 1.165) is 24.7 Å². The van der Waals surface area contributed by atoms with Gasteiger partial charge in [0.15, 0.2) is 0 Å². The zero-order chi connectivity index (χ0) is 14.6. The average molecular weight is 284 g/mol. The molecule has 3 N–H and O–H groups in total. The van der Waals surface area contributed by atoms with E-state index < -0.39 is 0 Å². The smallest absolute Gasteiger partial charge is 0.115 e. The molecule has 0 aliphatic heterocycles. The van der Waals surface area contributed by atoms with E-state index in [1.165, 1.54) is 42.5 Å². The summed E-state index contributed by atoms with van der Waals surface area (Å²) in [5, 5.41) is 13.8. The molecule has 0 radical (unpaired) electrons. The average Bonchev–Trinajstić information content (AvgIpc) is 2.83. The summed E-state index contributed by atoms with van der Waals surface area (Å²) >= 11 is 0. The fourth-order valence-electron chi connectivity index (χ4n) is 5.57. The summed E-state index contributed by atoms with van der Waals surface area (Å²) in [6.07, 6.45) is 7.12. The van der Waals surface area contributed by atoms with E-state index in [4.69, 9.17) is 5.84 Å².